The predicted molar refractivity (Wildman–Crippen MR) is 365 cm³/mol. The summed E-state index contributed by atoms with van der Waals surface area (Å²) in [5.74, 6) is -14.7. The average Bonchev–Trinajstić information content (AvgIpc) is 1.58. The van der Waals surface area contributed by atoms with E-state index >= 15 is 8.78 Å². The molecule has 10 atom stereocenters. The van der Waals surface area contributed by atoms with E-state index in [4.69, 9.17) is 24.1 Å². The Balaban J connectivity index is 0.000000210. The largest absolute Gasteiger partial charge is 0.479 e. The SMILES string of the molecule is CC(C)(C)OC(=O)N[C@H]1CCC(F)(F)CC/C=C\[C@@H]2C[C@@]2(C(=O)NS(=O)(=O)C2CC2)NC(=O)[C@@H]2C[C@@H](OC(=O)N3Cc4cccc(F)c4C3)CN2C1=O.CC(C)(C)OC(=O)N[C@H]1CCC(F)(F)CC/C=C\[C@@H]2C[C@@]2(C(=O)O)NC(=O)[C@@H]2C[C@@H](OC(=O)N3Cc4cccc(F)c4C3)CN2C1=O.NS(=O)(=O)C1CC1. The summed E-state index contributed by atoms with van der Waals surface area (Å²) >= 11 is 0. The first-order valence-corrected chi connectivity index (χ1v) is 38.6. The molecule has 0 unspecified atom stereocenters. The van der Waals surface area contributed by atoms with Gasteiger partial charge in [0.15, 0.2) is 0 Å². The Hall–Kier alpha value is -8.74. The minimum absolute atomic E-state index is 0.0228. The molecule has 107 heavy (non-hydrogen) atoms. The van der Waals surface area contributed by atoms with Gasteiger partial charge in [-0.15, -0.1) is 0 Å². The van der Waals surface area contributed by atoms with E-state index in [0.717, 1.165) is 22.6 Å². The quantitative estimate of drug-likeness (QED) is 0.0780. The lowest BCUT2D eigenvalue weighted by atomic mass is 10.0. The molecule has 0 radical (unpaired) electrons. The number of benzene rings is 2. The van der Waals surface area contributed by atoms with Crippen molar-refractivity contribution in [1.82, 2.24) is 45.6 Å². The number of hydrogen-bond acceptors (Lipinski definition) is 18. The number of amides is 9. The maximum absolute atomic E-state index is 15.2. The summed E-state index contributed by atoms with van der Waals surface area (Å²) in [5.41, 5.74) is -3.56. The first-order chi connectivity index (χ1) is 49.8. The normalized spacial score (nSPS) is 29.0. The number of hydrogen-bond donors (Lipinski definition) is 7. The van der Waals surface area contributed by atoms with Gasteiger partial charge in [-0.1, -0.05) is 48.6 Å². The van der Waals surface area contributed by atoms with Crippen LogP contribution in [0.2, 0.25) is 0 Å². The Bertz CT molecular complexity index is 4130. The molecule has 0 spiro atoms. The van der Waals surface area contributed by atoms with Gasteiger partial charge < -0.3 is 55.1 Å². The van der Waals surface area contributed by atoms with E-state index in [9.17, 15) is 87.4 Å². The van der Waals surface area contributed by atoms with Crippen molar-refractivity contribution in [3.05, 3.63) is 94.6 Å². The molecule has 10 aliphatic rings. The van der Waals surface area contributed by atoms with Crippen LogP contribution in [0.25, 0.3) is 0 Å². The molecular weight excluding hydrogens is 1460 g/mol. The highest BCUT2D eigenvalue weighted by Crippen LogP contribution is 2.48. The van der Waals surface area contributed by atoms with Crippen LogP contribution in [-0.4, -0.2) is 196 Å². The maximum Gasteiger partial charge on any atom is 0.410 e. The van der Waals surface area contributed by atoms with Gasteiger partial charge in [0.25, 0.3) is 5.91 Å². The average molecular weight is 1550 g/mol. The summed E-state index contributed by atoms with van der Waals surface area (Å²) in [7, 11) is -7.16. The Labute approximate surface area is 614 Å². The van der Waals surface area contributed by atoms with Gasteiger partial charge in [0.05, 0.1) is 36.7 Å². The number of nitrogens with two attached hydrogens (primary N) is 1. The maximum atomic E-state index is 15.2. The molecule has 12 rings (SSSR count). The van der Waals surface area contributed by atoms with Gasteiger partial charge in [0.1, 0.15) is 70.3 Å². The molecule has 4 aliphatic carbocycles. The second-order valence-corrected chi connectivity index (χ2v) is 34.7. The fourth-order valence-electron chi connectivity index (χ4n) is 13.7. The molecule has 2 aromatic rings. The summed E-state index contributed by atoms with van der Waals surface area (Å²) in [4.78, 5) is 138. The minimum atomic E-state index is -4.03. The van der Waals surface area contributed by atoms with Crippen LogP contribution >= 0.6 is 0 Å². The highest BCUT2D eigenvalue weighted by Gasteiger charge is 2.64. The molecule has 6 fully saturated rings. The van der Waals surface area contributed by atoms with E-state index in [0.29, 0.717) is 35.1 Å². The number of halogens is 6. The van der Waals surface area contributed by atoms with Crippen molar-refractivity contribution >= 4 is 79.9 Å². The molecule has 0 bridgehead atoms. The number of nitrogens with zero attached hydrogens (tertiary/aromatic N) is 4. The second kappa shape index (κ2) is 31.1. The number of carboxylic acids is 1. The Morgan fingerprint density at radius 3 is 1.36 bits per heavy atom. The van der Waals surface area contributed by atoms with Gasteiger partial charge in [-0.25, -0.2) is 72.3 Å². The van der Waals surface area contributed by atoms with E-state index in [1.165, 1.54) is 58.4 Å². The third-order valence-electron chi connectivity index (χ3n) is 20.0. The lowest BCUT2D eigenvalue weighted by Crippen LogP contribution is -2.58. The molecular formula is C70H90F6N10O19S2. The van der Waals surface area contributed by atoms with Crippen LogP contribution in [0.4, 0.5) is 45.5 Å². The van der Waals surface area contributed by atoms with E-state index in [2.05, 4.69) is 26.0 Å². The van der Waals surface area contributed by atoms with Gasteiger partial charge in [0.2, 0.25) is 55.5 Å². The number of ether oxygens (including phenoxy) is 4. The van der Waals surface area contributed by atoms with Crippen LogP contribution in [0.3, 0.4) is 0 Å². The van der Waals surface area contributed by atoms with Crippen molar-refractivity contribution in [2.75, 3.05) is 13.1 Å². The Kier molecular flexibility index (Phi) is 23.5. The van der Waals surface area contributed by atoms with Gasteiger partial charge in [-0.3, -0.25) is 38.5 Å². The van der Waals surface area contributed by atoms with Crippen LogP contribution < -0.4 is 31.1 Å². The Morgan fingerprint density at radius 1 is 0.579 bits per heavy atom. The predicted octanol–water partition coefficient (Wildman–Crippen LogP) is 6.69. The third-order valence-corrected chi connectivity index (χ3v) is 23.2. The zero-order valence-corrected chi connectivity index (χ0v) is 61.5. The number of carboxylic acid groups (broad SMARTS) is 1. The number of sulfonamides is 2. The molecule has 2 aromatic carbocycles. The fraction of sp³-hybridized carbons (Fsp3) is 0.629. The zero-order chi connectivity index (χ0) is 78.3. The molecule has 588 valence electrons. The Morgan fingerprint density at radius 2 is 0.981 bits per heavy atom. The number of carbonyl (C=O) groups excluding carboxylic acids is 9. The van der Waals surface area contributed by atoms with E-state index < -0.39 is 218 Å². The second-order valence-electron chi connectivity index (χ2n) is 30.9. The van der Waals surface area contributed by atoms with E-state index in [-0.39, 0.29) is 83.0 Å². The lowest BCUT2D eigenvalue weighted by Gasteiger charge is -2.31. The number of alkyl carbamates (subject to hydrolysis) is 2. The number of alkyl halides is 4. The topological polar surface area (TPSA) is 395 Å². The molecule has 0 aromatic heterocycles. The zero-order valence-electron chi connectivity index (χ0n) is 59.8. The summed E-state index contributed by atoms with van der Waals surface area (Å²) < 4.78 is 159. The van der Waals surface area contributed by atoms with Gasteiger partial charge in [-0.05, 0) is 129 Å². The molecule has 6 heterocycles. The van der Waals surface area contributed by atoms with Gasteiger partial charge >= 0.3 is 30.3 Å². The minimum Gasteiger partial charge on any atom is -0.479 e. The first kappa shape index (κ1) is 80.8. The van der Waals surface area contributed by atoms with Crippen molar-refractivity contribution in [1.29, 1.82) is 0 Å². The molecule has 9 amide bonds. The summed E-state index contributed by atoms with van der Waals surface area (Å²) in [6, 6.07) is 3.02. The number of primary sulfonamides is 1. The molecule has 8 N–H and O–H groups in total. The summed E-state index contributed by atoms with van der Waals surface area (Å²) in [6.07, 6.45) is -2.32. The van der Waals surface area contributed by atoms with Crippen LogP contribution in [0.5, 0.6) is 0 Å². The van der Waals surface area contributed by atoms with Crippen LogP contribution in [0.15, 0.2) is 60.7 Å². The summed E-state index contributed by atoms with van der Waals surface area (Å²) in [5, 5.41) is 23.7. The van der Waals surface area contributed by atoms with Crippen molar-refractivity contribution in [3.8, 4) is 0 Å². The molecule has 6 aliphatic heterocycles. The van der Waals surface area contributed by atoms with Crippen molar-refractivity contribution in [2.45, 2.75) is 251 Å². The molecule has 37 heteroatoms. The number of rotatable bonds is 9. The van der Waals surface area contributed by atoms with Crippen LogP contribution in [0, 0.1) is 23.5 Å². The highest BCUT2D eigenvalue weighted by atomic mass is 32.2. The van der Waals surface area contributed by atoms with Gasteiger partial charge in [-0.2, -0.15) is 0 Å². The number of nitrogens with one attached hydrogen (secondary N) is 5. The van der Waals surface area contributed by atoms with Crippen molar-refractivity contribution in [3.63, 3.8) is 0 Å². The third kappa shape index (κ3) is 20.3. The van der Waals surface area contributed by atoms with Gasteiger partial charge in [0, 0.05) is 74.6 Å². The van der Waals surface area contributed by atoms with Crippen LogP contribution in [0.1, 0.15) is 167 Å². The highest BCUT2D eigenvalue weighted by molar-refractivity contribution is 7.91. The van der Waals surface area contributed by atoms with E-state index in [1.807, 2.05) is 0 Å². The van der Waals surface area contributed by atoms with E-state index in [1.54, 1.807) is 53.7 Å². The smallest absolute Gasteiger partial charge is 0.410 e. The van der Waals surface area contributed by atoms with Crippen molar-refractivity contribution in [2.24, 2.45) is 17.0 Å². The molecule has 2 saturated heterocycles. The molecule has 4 saturated carbocycles. The number of carbonyl (C=O) groups is 10. The lowest BCUT2D eigenvalue weighted by molar-refractivity contribution is -0.145. The number of allylic oxidation sites excluding steroid dienone is 2. The monoisotopic (exact) mass is 1550 g/mol. The molecule has 29 nitrogen and oxygen atoms in total. The number of aliphatic carboxylic acids is 1. The fourth-order valence-corrected chi connectivity index (χ4v) is 15.9. The first-order valence-electron chi connectivity index (χ1n) is 35.4. The summed E-state index contributed by atoms with van der Waals surface area (Å²) in [6.45, 7) is 8.76. The van der Waals surface area contributed by atoms with Crippen LogP contribution in [-0.2, 0) is 93.9 Å². The van der Waals surface area contributed by atoms with Crippen molar-refractivity contribution < 1.29 is 115 Å². The number of fused-ring (bicyclic) bond motifs is 6. The standard InChI is InChI=1S/C35H44F3N5O9S.C32H39F3N4O8.C3H7NO2S/c1-33(2,3)52-31(47)39-26-12-14-34(37,38)13-5-4-8-21-16-35(21,30(46)41-53(49,50)23-10-11-23)40-28(44)27-15-22(18-43(27)29(26)45)51-32(48)42-17-20-7-6-9-25(36)24(20)19-42;1-30(2,3)47-28(44)36-23-10-12-31(34,35)11-5-4-8-19-14-32(19,27(42)43)37-25(40)24-13-20(16-39(24)26(23)41)46-29(45)38-15-18-7-6-9-22(33)21(18)17-38;4-7(5,6)3-1-2-3/h4,6-9,21-23,26-27H,5,10-19H2,1-3H3,(H,39,47)(H,40,44)(H,41,46);4,6-9,19-20,23-24H,5,10-17H2,1-3H3,(H,36,44)(H,37,40)(H,42,43);3H,1-2H2,(H2,4,5,6)/b2*8-4-;/t21-,22-,26+,27+,35-;19-,20-,23+,24+,32-;/m11./s1.